The van der Waals surface area contributed by atoms with Crippen molar-refractivity contribution in [2.45, 2.75) is 18.9 Å². The van der Waals surface area contributed by atoms with Crippen LogP contribution in [0.2, 0.25) is 0 Å². The highest BCUT2D eigenvalue weighted by Gasteiger charge is 2.10. The number of hydrogen-bond acceptors (Lipinski definition) is 1. The molecule has 0 saturated heterocycles. The summed E-state index contributed by atoms with van der Waals surface area (Å²) in [6.45, 7) is 3.55. The molecular weight excluding hydrogens is 220 g/mol. The molecule has 0 radical (unpaired) electrons. The lowest BCUT2D eigenvalue weighted by Gasteiger charge is -2.11. The zero-order chi connectivity index (χ0) is 10.6. The molecule has 0 heterocycles. The Kier molecular flexibility index (Phi) is 6.13. The highest BCUT2D eigenvalue weighted by molar-refractivity contribution is 5.85. The van der Waals surface area contributed by atoms with E-state index in [2.05, 4.69) is 6.58 Å². The van der Waals surface area contributed by atoms with Gasteiger partial charge in [0.2, 0.25) is 0 Å². The number of nitrogens with two attached hydrogens (primary N) is 1. The van der Waals surface area contributed by atoms with Gasteiger partial charge in [0.15, 0.2) is 0 Å². The maximum absolute atomic E-state index is 13.2. The molecule has 1 aromatic carbocycles. The van der Waals surface area contributed by atoms with Crippen LogP contribution in [0, 0.1) is 11.6 Å². The lowest BCUT2D eigenvalue weighted by atomic mass is 10.0. The summed E-state index contributed by atoms with van der Waals surface area (Å²) >= 11 is 0. The summed E-state index contributed by atoms with van der Waals surface area (Å²) in [5, 5.41) is 0. The predicted molar refractivity (Wildman–Crippen MR) is 60.0 cm³/mol. The van der Waals surface area contributed by atoms with Gasteiger partial charge in [-0.1, -0.05) is 12.1 Å². The van der Waals surface area contributed by atoms with Gasteiger partial charge in [-0.15, -0.1) is 19.0 Å². The maximum Gasteiger partial charge on any atom is 0.130 e. The van der Waals surface area contributed by atoms with Crippen molar-refractivity contribution in [3.8, 4) is 0 Å². The van der Waals surface area contributed by atoms with Crippen LogP contribution in [-0.4, -0.2) is 0 Å². The lowest BCUT2D eigenvalue weighted by molar-refractivity contribution is 0.545. The summed E-state index contributed by atoms with van der Waals surface area (Å²) in [7, 11) is 0. The largest absolute Gasteiger partial charge is 0.324 e. The standard InChI is InChI=1S/C11H13F2N.ClH/c1-2-3-4-11(14)9-6-5-8(12)7-10(9)13;/h2,5-7,11H,1,3-4,14H2;1H/t11-;/m0./s1. The minimum atomic E-state index is -0.582. The summed E-state index contributed by atoms with van der Waals surface area (Å²) < 4.78 is 25.7. The van der Waals surface area contributed by atoms with E-state index >= 15 is 0 Å². The zero-order valence-electron chi connectivity index (χ0n) is 8.25. The highest BCUT2D eigenvalue weighted by Crippen LogP contribution is 2.19. The van der Waals surface area contributed by atoms with Crippen molar-refractivity contribution in [2.24, 2.45) is 5.73 Å². The summed E-state index contributed by atoms with van der Waals surface area (Å²) in [6.07, 6.45) is 3.06. The van der Waals surface area contributed by atoms with E-state index in [1.165, 1.54) is 12.1 Å². The second-order valence-corrected chi connectivity index (χ2v) is 3.14. The molecule has 84 valence electrons. The van der Waals surface area contributed by atoms with E-state index < -0.39 is 17.7 Å². The SMILES string of the molecule is C=CCC[C@H](N)c1ccc(F)cc1F.Cl. The van der Waals surface area contributed by atoms with E-state index in [9.17, 15) is 8.78 Å². The van der Waals surface area contributed by atoms with E-state index in [4.69, 9.17) is 5.73 Å². The Balaban J connectivity index is 0.00000196. The van der Waals surface area contributed by atoms with Crippen LogP contribution in [0.4, 0.5) is 8.78 Å². The zero-order valence-corrected chi connectivity index (χ0v) is 9.07. The van der Waals surface area contributed by atoms with Gasteiger partial charge in [0.1, 0.15) is 11.6 Å². The fourth-order valence-corrected chi connectivity index (χ4v) is 1.26. The van der Waals surface area contributed by atoms with Crippen molar-refractivity contribution in [3.63, 3.8) is 0 Å². The van der Waals surface area contributed by atoms with Gasteiger partial charge in [-0.3, -0.25) is 0 Å². The van der Waals surface area contributed by atoms with Crippen LogP contribution in [-0.2, 0) is 0 Å². The molecule has 2 N–H and O–H groups in total. The summed E-state index contributed by atoms with van der Waals surface area (Å²) in [6, 6.07) is 3.06. The molecule has 15 heavy (non-hydrogen) atoms. The van der Waals surface area contributed by atoms with Gasteiger partial charge in [-0.05, 0) is 18.9 Å². The molecule has 1 aromatic rings. The molecule has 0 amide bonds. The molecular formula is C11H14ClF2N. The third-order valence-electron chi connectivity index (χ3n) is 2.04. The second-order valence-electron chi connectivity index (χ2n) is 3.14. The molecule has 1 rings (SSSR count). The Hall–Kier alpha value is -0.930. The Labute approximate surface area is 94.4 Å². The molecule has 0 fully saturated rings. The average Bonchev–Trinajstić information content (AvgIpc) is 2.14. The quantitative estimate of drug-likeness (QED) is 0.793. The van der Waals surface area contributed by atoms with Crippen molar-refractivity contribution < 1.29 is 8.78 Å². The van der Waals surface area contributed by atoms with Crippen LogP contribution in [0.15, 0.2) is 30.9 Å². The first-order chi connectivity index (χ1) is 6.65. The van der Waals surface area contributed by atoms with E-state index in [0.717, 1.165) is 12.5 Å². The van der Waals surface area contributed by atoms with Crippen molar-refractivity contribution in [1.29, 1.82) is 0 Å². The number of allylic oxidation sites excluding steroid dienone is 1. The normalized spacial score (nSPS) is 11.7. The van der Waals surface area contributed by atoms with Gasteiger partial charge in [0.05, 0.1) is 0 Å². The number of rotatable bonds is 4. The van der Waals surface area contributed by atoms with Crippen molar-refractivity contribution in [2.75, 3.05) is 0 Å². The minimum Gasteiger partial charge on any atom is -0.324 e. The topological polar surface area (TPSA) is 26.0 Å². The third kappa shape index (κ3) is 3.98. The van der Waals surface area contributed by atoms with Crippen LogP contribution in [0.5, 0.6) is 0 Å². The van der Waals surface area contributed by atoms with Gasteiger partial charge in [0.25, 0.3) is 0 Å². The van der Waals surface area contributed by atoms with E-state index in [1.54, 1.807) is 6.08 Å². The van der Waals surface area contributed by atoms with Crippen molar-refractivity contribution in [1.82, 2.24) is 0 Å². The molecule has 4 heteroatoms. The van der Waals surface area contributed by atoms with E-state index in [-0.39, 0.29) is 12.4 Å². The molecule has 0 aliphatic carbocycles. The Morgan fingerprint density at radius 1 is 1.40 bits per heavy atom. The van der Waals surface area contributed by atoms with Gasteiger partial charge >= 0.3 is 0 Å². The van der Waals surface area contributed by atoms with Crippen molar-refractivity contribution in [3.05, 3.63) is 48.1 Å². The highest BCUT2D eigenvalue weighted by atomic mass is 35.5. The average molecular weight is 234 g/mol. The van der Waals surface area contributed by atoms with Crippen LogP contribution in [0.1, 0.15) is 24.4 Å². The van der Waals surface area contributed by atoms with Gasteiger partial charge in [-0.2, -0.15) is 0 Å². The number of hydrogen-bond donors (Lipinski definition) is 1. The summed E-state index contributed by atoms with van der Waals surface area (Å²) in [5.74, 6) is -1.16. The Morgan fingerprint density at radius 3 is 2.60 bits per heavy atom. The number of halogens is 3. The van der Waals surface area contributed by atoms with Crippen LogP contribution in [0.3, 0.4) is 0 Å². The first-order valence-corrected chi connectivity index (χ1v) is 4.46. The minimum absolute atomic E-state index is 0. The molecule has 0 spiro atoms. The van der Waals surface area contributed by atoms with E-state index in [1.807, 2.05) is 0 Å². The van der Waals surface area contributed by atoms with Gasteiger partial charge < -0.3 is 5.73 Å². The Bertz CT molecular complexity index is 328. The molecule has 1 nitrogen and oxygen atoms in total. The molecule has 0 unspecified atom stereocenters. The van der Waals surface area contributed by atoms with Crippen molar-refractivity contribution >= 4 is 12.4 Å². The van der Waals surface area contributed by atoms with Crippen LogP contribution in [0.25, 0.3) is 0 Å². The molecule has 1 atom stereocenters. The summed E-state index contributed by atoms with van der Waals surface area (Å²) in [4.78, 5) is 0. The Morgan fingerprint density at radius 2 is 2.07 bits per heavy atom. The molecule has 0 aliphatic heterocycles. The molecule has 0 aromatic heterocycles. The van der Waals surface area contributed by atoms with Crippen LogP contribution < -0.4 is 5.73 Å². The molecule has 0 bridgehead atoms. The van der Waals surface area contributed by atoms with E-state index in [0.29, 0.717) is 12.0 Å². The first kappa shape index (κ1) is 14.1. The maximum atomic E-state index is 13.2. The fourth-order valence-electron chi connectivity index (χ4n) is 1.26. The molecule has 0 aliphatic rings. The van der Waals surface area contributed by atoms with Gasteiger partial charge in [-0.25, -0.2) is 8.78 Å². The lowest BCUT2D eigenvalue weighted by Crippen LogP contribution is -2.11. The fraction of sp³-hybridized carbons (Fsp3) is 0.273. The van der Waals surface area contributed by atoms with Gasteiger partial charge in [0, 0.05) is 17.7 Å². The smallest absolute Gasteiger partial charge is 0.130 e. The third-order valence-corrected chi connectivity index (χ3v) is 2.04. The van der Waals surface area contributed by atoms with Crippen LogP contribution >= 0.6 is 12.4 Å². The number of benzene rings is 1. The first-order valence-electron chi connectivity index (χ1n) is 4.46. The predicted octanol–water partition coefficient (Wildman–Crippen LogP) is 3.35. The second kappa shape index (κ2) is 6.53. The molecule has 0 saturated carbocycles. The monoisotopic (exact) mass is 233 g/mol. The summed E-state index contributed by atoms with van der Waals surface area (Å²) in [5.41, 5.74) is 6.08.